The highest BCUT2D eigenvalue weighted by molar-refractivity contribution is 6.08. The first-order valence-electron chi connectivity index (χ1n) is 5.87. The molecule has 1 aliphatic rings. The second-order valence-electron chi connectivity index (χ2n) is 4.20. The average molecular weight is 253 g/mol. The molecule has 2 aromatic rings. The Hall–Kier alpha value is -2.62. The number of hydrogen-bond donors (Lipinski definition) is 1. The van der Waals surface area contributed by atoms with Crippen LogP contribution in [0, 0.1) is 0 Å². The molecule has 0 aliphatic carbocycles. The molecule has 3 rings (SSSR count). The van der Waals surface area contributed by atoms with Gasteiger partial charge < -0.3 is 9.84 Å². The molecule has 19 heavy (non-hydrogen) atoms. The maximum atomic E-state index is 11.8. The summed E-state index contributed by atoms with van der Waals surface area (Å²) < 4.78 is 5.19. The number of nitrogens with zero attached hydrogens (tertiary/aromatic N) is 1. The molecule has 0 amide bonds. The first-order valence-corrected chi connectivity index (χ1v) is 5.87. The van der Waals surface area contributed by atoms with Crippen LogP contribution in [0.25, 0.3) is 0 Å². The molecule has 1 aliphatic heterocycles. The third-order valence-electron chi connectivity index (χ3n) is 2.92. The van der Waals surface area contributed by atoms with Gasteiger partial charge in [0.2, 0.25) is 0 Å². The Kier molecular flexibility index (Phi) is 2.76. The lowest BCUT2D eigenvalue weighted by Crippen LogP contribution is -2.12. The number of esters is 1. The van der Waals surface area contributed by atoms with Crippen LogP contribution in [0.1, 0.15) is 15.9 Å². The van der Waals surface area contributed by atoms with E-state index in [-0.39, 0.29) is 18.3 Å². The lowest BCUT2D eigenvalue weighted by atomic mass is 10.1. The van der Waals surface area contributed by atoms with Crippen molar-refractivity contribution < 1.29 is 14.6 Å². The predicted molar refractivity (Wildman–Crippen MR) is 71.0 cm³/mol. The molecule has 0 unspecified atom stereocenters. The summed E-state index contributed by atoms with van der Waals surface area (Å²) in [5.41, 5.74) is 2.56. The van der Waals surface area contributed by atoms with Gasteiger partial charge >= 0.3 is 5.97 Å². The number of aromatic hydroxyl groups is 1. The predicted octanol–water partition coefficient (Wildman–Crippen LogP) is 2.68. The van der Waals surface area contributed by atoms with Crippen LogP contribution in [0.15, 0.2) is 53.5 Å². The number of rotatable bonds is 1. The zero-order valence-corrected chi connectivity index (χ0v) is 10.0. The summed E-state index contributed by atoms with van der Waals surface area (Å²) in [4.78, 5) is 16.3. The summed E-state index contributed by atoms with van der Waals surface area (Å²) in [6, 6.07) is 13.7. The number of cyclic esters (lactones) is 1. The Morgan fingerprint density at radius 3 is 2.58 bits per heavy atom. The number of hydrogen-bond acceptors (Lipinski definition) is 4. The van der Waals surface area contributed by atoms with E-state index in [0.29, 0.717) is 17.0 Å². The van der Waals surface area contributed by atoms with E-state index in [2.05, 4.69) is 4.99 Å². The zero-order valence-electron chi connectivity index (χ0n) is 10.0. The molecule has 0 fully saturated rings. The van der Waals surface area contributed by atoms with Crippen LogP contribution in [-0.4, -0.2) is 23.4 Å². The first-order chi connectivity index (χ1) is 9.24. The smallest absolute Gasteiger partial charge is 0.340 e. The van der Waals surface area contributed by atoms with Crippen LogP contribution in [0.3, 0.4) is 0 Å². The SMILES string of the molecule is O=C1OCC(c2ccc(O)cc2)=Nc2ccccc21. The number of ether oxygens (including phenoxy) is 1. The van der Waals surface area contributed by atoms with Crippen molar-refractivity contribution in [2.24, 2.45) is 4.99 Å². The Morgan fingerprint density at radius 2 is 1.79 bits per heavy atom. The van der Waals surface area contributed by atoms with E-state index in [1.54, 1.807) is 42.5 Å². The zero-order chi connectivity index (χ0) is 13.2. The van der Waals surface area contributed by atoms with Gasteiger partial charge in [-0.15, -0.1) is 0 Å². The Bertz CT molecular complexity index is 659. The van der Waals surface area contributed by atoms with E-state index in [0.717, 1.165) is 5.56 Å². The van der Waals surface area contributed by atoms with Crippen LogP contribution in [0.4, 0.5) is 5.69 Å². The molecule has 4 heteroatoms. The molecular weight excluding hydrogens is 242 g/mol. The second-order valence-corrected chi connectivity index (χ2v) is 4.20. The molecule has 0 saturated heterocycles. The summed E-state index contributed by atoms with van der Waals surface area (Å²) >= 11 is 0. The lowest BCUT2D eigenvalue weighted by molar-refractivity contribution is 0.0568. The minimum absolute atomic E-state index is 0.123. The van der Waals surface area contributed by atoms with Crippen molar-refractivity contribution in [3.8, 4) is 5.75 Å². The maximum Gasteiger partial charge on any atom is 0.340 e. The van der Waals surface area contributed by atoms with Gasteiger partial charge in [-0.05, 0) is 42.0 Å². The molecule has 1 N–H and O–H groups in total. The van der Waals surface area contributed by atoms with Gasteiger partial charge in [0.15, 0.2) is 0 Å². The normalized spacial score (nSPS) is 14.1. The molecule has 2 aromatic carbocycles. The Balaban J connectivity index is 2.07. The monoisotopic (exact) mass is 253 g/mol. The van der Waals surface area contributed by atoms with Crippen molar-refractivity contribution >= 4 is 17.4 Å². The molecule has 0 spiro atoms. The number of carbonyl (C=O) groups excluding carboxylic acids is 1. The van der Waals surface area contributed by atoms with Crippen molar-refractivity contribution in [3.63, 3.8) is 0 Å². The van der Waals surface area contributed by atoms with Gasteiger partial charge in [0.1, 0.15) is 12.4 Å². The van der Waals surface area contributed by atoms with E-state index in [4.69, 9.17) is 4.74 Å². The summed E-state index contributed by atoms with van der Waals surface area (Å²) in [6.45, 7) is 0.123. The average Bonchev–Trinajstić information content (AvgIpc) is 2.60. The largest absolute Gasteiger partial charge is 0.508 e. The second kappa shape index (κ2) is 4.57. The van der Waals surface area contributed by atoms with Gasteiger partial charge in [-0.25, -0.2) is 9.79 Å². The van der Waals surface area contributed by atoms with Crippen molar-refractivity contribution in [1.82, 2.24) is 0 Å². The molecular formula is C15H11NO3. The van der Waals surface area contributed by atoms with Crippen LogP contribution in [0.5, 0.6) is 5.75 Å². The van der Waals surface area contributed by atoms with Gasteiger partial charge in [-0.3, -0.25) is 0 Å². The summed E-state index contributed by atoms with van der Waals surface area (Å²) in [6.07, 6.45) is 0. The third-order valence-corrected chi connectivity index (χ3v) is 2.92. The standard InChI is InChI=1S/C15H11NO3/c17-11-7-5-10(6-8-11)14-9-19-15(18)12-3-1-2-4-13(12)16-14/h1-8,17H,9H2. The number of phenolic OH excluding ortho intramolecular Hbond substituents is 1. The molecule has 0 atom stereocenters. The fourth-order valence-corrected chi connectivity index (χ4v) is 1.93. The Morgan fingerprint density at radius 1 is 1.05 bits per heavy atom. The van der Waals surface area contributed by atoms with Crippen molar-refractivity contribution in [2.75, 3.05) is 6.61 Å². The number of fused-ring (bicyclic) bond motifs is 1. The summed E-state index contributed by atoms with van der Waals surface area (Å²) in [7, 11) is 0. The quantitative estimate of drug-likeness (QED) is 0.795. The highest BCUT2D eigenvalue weighted by Crippen LogP contribution is 2.24. The van der Waals surface area contributed by atoms with Crippen LogP contribution >= 0.6 is 0 Å². The number of phenols is 1. The third kappa shape index (κ3) is 2.20. The number of carbonyl (C=O) groups is 1. The van der Waals surface area contributed by atoms with Gasteiger partial charge in [0, 0.05) is 0 Å². The summed E-state index contributed by atoms with van der Waals surface area (Å²) in [5, 5.41) is 9.29. The Labute approximate surface area is 110 Å². The minimum Gasteiger partial charge on any atom is -0.508 e. The molecule has 0 saturated carbocycles. The van der Waals surface area contributed by atoms with Crippen LogP contribution < -0.4 is 0 Å². The van der Waals surface area contributed by atoms with E-state index in [1.807, 2.05) is 6.07 Å². The van der Waals surface area contributed by atoms with Gasteiger partial charge in [0.05, 0.1) is 17.0 Å². The van der Waals surface area contributed by atoms with Gasteiger partial charge in [-0.1, -0.05) is 12.1 Å². The minimum atomic E-state index is -0.367. The number of para-hydroxylation sites is 1. The molecule has 0 aromatic heterocycles. The van der Waals surface area contributed by atoms with Crippen molar-refractivity contribution in [1.29, 1.82) is 0 Å². The molecule has 94 valence electrons. The van der Waals surface area contributed by atoms with Crippen LogP contribution in [0.2, 0.25) is 0 Å². The van der Waals surface area contributed by atoms with Gasteiger partial charge in [-0.2, -0.15) is 0 Å². The topological polar surface area (TPSA) is 58.9 Å². The lowest BCUT2D eigenvalue weighted by Gasteiger charge is -2.04. The van der Waals surface area contributed by atoms with Crippen LogP contribution in [-0.2, 0) is 4.74 Å². The van der Waals surface area contributed by atoms with E-state index in [1.165, 1.54) is 0 Å². The maximum absolute atomic E-state index is 11.8. The highest BCUT2D eigenvalue weighted by Gasteiger charge is 2.18. The van der Waals surface area contributed by atoms with Gasteiger partial charge in [0.25, 0.3) is 0 Å². The molecule has 4 nitrogen and oxygen atoms in total. The molecule has 0 radical (unpaired) electrons. The van der Waals surface area contributed by atoms with Crippen molar-refractivity contribution in [2.45, 2.75) is 0 Å². The van der Waals surface area contributed by atoms with Crippen molar-refractivity contribution in [3.05, 3.63) is 59.7 Å². The molecule has 0 bridgehead atoms. The first kappa shape index (κ1) is 11.5. The van der Waals surface area contributed by atoms with E-state index < -0.39 is 0 Å². The molecule has 1 heterocycles. The fraction of sp³-hybridized carbons (Fsp3) is 0.0667. The van der Waals surface area contributed by atoms with E-state index in [9.17, 15) is 9.90 Å². The fourth-order valence-electron chi connectivity index (χ4n) is 1.93. The number of aliphatic imine (C=N–C) groups is 1. The van der Waals surface area contributed by atoms with E-state index >= 15 is 0 Å². The number of benzene rings is 2. The summed E-state index contributed by atoms with van der Waals surface area (Å²) in [5.74, 6) is -0.177. The highest BCUT2D eigenvalue weighted by atomic mass is 16.5.